The number of piperazine rings is 1. The van der Waals surface area contributed by atoms with Gasteiger partial charge in [-0.1, -0.05) is 29.8 Å². The van der Waals surface area contributed by atoms with Gasteiger partial charge in [0.15, 0.2) is 0 Å². The summed E-state index contributed by atoms with van der Waals surface area (Å²) in [6.45, 7) is 4.21. The zero-order chi connectivity index (χ0) is 17.2. The fourth-order valence-electron chi connectivity index (χ4n) is 2.32. The topological polar surface area (TPSA) is 44.7 Å². The van der Waals surface area contributed by atoms with Crippen molar-refractivity contribution in [1.82, 2.24) is 5.32 Å². The molecule has 24 heavy (non-hydrogen) atoms. The molecular weight excluding hydrogens is 331 g/mol. The number of benzene rings is 2. The second kappa shape index (κ2) is 10.1. The Labute approximate surface area is 146 Å². The number of hydrogen-bond acceptors (Lipinski definition) is 4. The third kappa shape index (κ3) is 6.00. The zero-order valence-corrected chi connectivity index (χ0v) is 14.2. The monoisotopic (exact) mass is 352 g/mol. The first-order chi connectivity index (χ1) is 11.7. The number of aliphatic hydroxyl groups excluding tert-OH is 1. The van der Waals surface area contributed by atoms with E-state index in [9.17, 15) is 4.39 Å². The van der Waals surface area contributed by atoms with E-state index < -0.39 is 0 Å². The van der Waals surface area contributed by atoms with Crippen LogP contribution in [-0.4, -0.2) is 44.5 Å². The van der Waals surface area contributed by atoms with Crippen molar-refractivity contribution in [1.29, 1.82) is 0 Å². The molecule has 4 nitrogen and oxygen atoms in total. The Bertz CT molecular complexity index is 607. The molecule has 0 saturated carbocycles. The van der Waals surface area contributed by atoms with Crippen molar-refractivity contribution in [2.45, 2.75) is 0 Å². The van der Waals surface area contributed by atoms with Crippen LogP contribution < -0.4 is 15.0 Å². The van der Waals surface area contributed by atoms with E-state index in [1.165, 1.54) is 12.1 Å². The van der Waals surface area contributed by atoms with Gasteiger partial charge in [-0.25, -0.2) is 4.39 Å². The molecule has 6 heteroatoms. The van der Waals surface area contributed by atoms with Gasteiger partial charge in [0.25, 0.3) is 0 Å². The molecule has 1 heterocycles. The first-order valence-corrected chi connectivity index (χ1v) is 8.28. The van der Waals surface area contributed by atoms with Crippen molar-refractivity contribution in [3.8, 4) is 5.75 Å². The Morgan fingerprint density at radius 1 is 1.12 bits per heavy atom. The van der Waals surface area contributed by atoms with E-state index in [-0.39, 0.29) is 12.4 Å². The van der Waals surface area contributed by atoms with E-state index in [0.29, 0.717) is 17.4 Å². The molecule has 2 aromatic carbocycles. The number of halogens is 2. The maximum Gasteiger partial charge on any atom is 0.123 e. The van der Waals surface area contributed by atoms with Gasteiger partial charge >= 0.3 is 0 Å². The predicted octanol–water partition coefficient (Wildman–Crippen LogP) is 2.95. The number of anilines is 1. The number of ether oxygens (including phenoxy) is 1. The summed E-state index contributed by atoms with van der Waals surface area (Å²) in [5.74, 6) is 0.519. The van der Waals surface area contributed by atoms with Crippen LogP contribution in [0.5, 0.6) is 5.75 Å². The third-order valence-corrected chi connectivity index (χ3v) is 3.77. The van der Waals surface area contributed by atoms with Crippen molar-refractivity contribution >= 4 is 17.3 Å². The van der Waals surface area contributed by atoms with Gasteiger partial charge in [-0.05, 0) is 24.3 Å². The molecule has 0 aromatic heterocycles. The van der Waals surface area contributed by atoms with Crippen molar-refractivity contribution in [2.75, 3.05) is 44.3 Å². The summed E-state index contributed by atoms with van der Waals surface area (Å²) >= 11 is 6.24. The van der Waals surface area contributed by atoms with Crippen LogP contribution >= 0.6 is 11.6 Å². The smallest absolute Gasteiger partial charge is 0.123 e. The fourth-order valence-corrected chi connectivity index (χ4v) is 2.61. The summed E-state index contributed by atoms with van der Waals surface area (Å²) in [5, 5.41) is 12.7. The molecule has 0 unspecified atom stereocenters. The number of rotatable bonds is 4. The highest BCUT2D eigenvalue weighted by molar-refractivity contribution is 6.33. The molecule has 2 N–H and O–H groups in total. The van der Waals surface area contributed by atoms with Gasteiger partial charge in [0.05, 0.1) is 17.3 Å². The lowest BCUT2D eigenvalue weighted by Gasteiger charge is -2.30. The minimum absolute atomic E-state index is 0.0111. The molecule has 0 aliphatic carbocycles. The number of nitrogens with zero attached hydrogens (tertiary/aromatic N) is 1. The summed E-state index contributed by atoms with van der Waals surface area (Å²) in [7, 11) is 0. The lowest BCUT2D eigenvalue weighted by molar-refractivity contribution is 0.201. The fraction of sp³-hybridized carbons (Fsp3) is 0.333. The van der Waals surface area contributed by atoms with Gasteiger partial charge in [-0.2, -0.15) is 0 Å². The Kier molecular flexibility index (Phi) is 7.82. The van der Waals surface area contributed by atoms with E-state index in [2.05, 4.69) is 10.2 Å². The highest BCUT2D eigenvalue weighted by Crippen LogP contribution is 2.30. The average molecular weight is 353 g/mol. The Hall–Kier alpha value is -1.82. The van der Waals surface area contributed by atoms with Crippen molar-refractivity contribution in [3.05, 3.63) is 59.4 Å². The maximum atomic E-state index is 11.9. The van der Waals surface area contributed by atoms with Gasteiger partial charge < -0.3 is 20.1 Å². The molecule has 0 bridgehead atoms. The van der Waals surface area contributed by atoms with E-state index in [0.717, 1.165) is 31.9 Å². The Balaban J connectivity index is 0.000000249. The number of aliphatic hydroxyl groups is 1. The number of nitrogens with one attached hydrogen (secondary N) is 1. The summed E-state index contributed by atoms with van der Waals surface area (Å²) in [4.78, 5) is 2.26. The highest BCUT2D eigenvalue weighted by Gasteiger charge is 2.13. The highest BCUT2D eigenvalue weighted by atomic mass is 35.5. The van der Waals surface area contributed by atoms with Crippen LogP contribution in [0.2, 0.25) is 5.02 Å². The molecule has 0 spiro atoms. The minimum Gasteiger partial charge on any atom is -0.491 e. The van der Waals surface area contributed by atoms with Gasteiger partial charge in [0.2, 0.25) is 0 Å². The quantitative estimate of drug-likeness (QED) is 0.888. The van der Waals surface area contributed by atoms with Crippen LogP contribution in [0.15, 0.2) is 48.5 Å². The molecule has 1 fully saturated rings. The number of hydrogen-bond donors (Lipinski definition) is 2. The van der Waals surface area contributed by atoms with Crippen LogP contribution in [0.25, 0.3) is 0 Å². The van der Waals surface area contributed by atoms with Crippen LogP contribution in [-0.2, 0) is 0 Å². The van der Waals surface area contributed by atoms with Crippen LogP contribution in [0, 0.1) is 5.82 Å². The predicted molar refractivity (Wildman–Crippen MR) is 95.5 cm³/mol. The maximum absolute atomic E-state index is 11.9. The summed E-state index contributed by atoms with van der Waals surface area (Å²) < 4.78 is 17.2. The Morgan fingerprint density at radius 2 is 1.83 bits per heavy atom. The van der Waals surface area contributed by atoms with Crippen molar-refractivity contribution < 1.29 is 14.2 Å². The molecule has 130 valence electrons. The first kappa shape index (κ1) is 18.5. The second-order valence-corrected chi connectivity index (χ2v) is 5.63. The molecular formula is C18H22ClFN2O2. The standard InChI is InChI=1S/C12H17ClN2O2.C6H5F/c13-11-9-10(17-8-7-16)1-2-12(11)15-5-3-14-4-6-15;7-6-4-2-1-3-5-6/h1-2,9,14,16H,3-8H2;1-5H. The van der Waals surface area contributed by atoms with Gasteiger partial charge in [0, 0.05) is 32.2 Å². The first-order valence-electron chi connectivity index (χ1n) is 7.90. The molecule has 1 aliphatic rings. The van der Waals surface area contributed by atoms with E-state index in [1.807, 2.05) is 12.1 Å². The largest absolute Gasteiger partial charge is 0.491 e. The Morgan fingerprint density at radius 3 is 2.38 bits per heavy atom. The van der Waals surface area contributed by atoms with Gasteiger partial charge in [-0.3, -0.25) is 0 Å². The molecule has 0 atom stereocenters. The van der Waals surface area contributed by atoms with Gasteiger partial charge in [0.1, 0.15) is 18.2 Å². The summed E-state index contributed by atoms with van der Waals surface area (Å²) in [5.41, 5.74) is 1.05. The molecule has 0 radical (unpaired) electrons. The van der Waals surface area contributed by atoms with Crippen LogP contribution in [0.1, 0.15) is 0 Å². The second-order valence-electron chi connectivity index (χ2n) is 5.22. The van der Waals surface area contributed by atoms with Crippen LogP contribution in [0.4, 0.5) is 10.1 Å². The minimum atomic E-state index is -0.178. The van der Waals surface area contributed by atoms with Crippen LogP contribution in [0.3, 0.4) is 0 Å². The molecule has 0 amide bonds. The van der Waals surface area contributed by atoms with E-state index >= 15 is 0 Å². The molecule has 1 saturated heterocycles. The van der Waals surface area contributed by atoms with Crippen molar-refractivity contribution in [3.63, 3.8) is 0 Å². The SMILES string of the molecule is Fc1ccccc1.OCCOc1ccc(N2CCNCC2)c(Cl)c1. The zero-order valence-electron chi connectivity index (χ0n) is 13.4. The lowest BCUT2D eigenvalue weighted by atomic mass is 10.2. The van der Waals surface area contributed by atoms with E-state index in [1.54, 1.807) is 24.3 Å². The van der Waals surface area contributed by atoms with Gasteiger partial charge in [-0.15, -0.1) is 0 Å². The summed E-state index contributed by atoms with van der Waals surface area (Å²) in [6.07, 6.45) is 0. The van der Waals surface area contributed by atoms with E-state index in [4.69, 9.17) is 21.4 Å². The normalized spacial score (nSPS) is 13.9. The average Bonchev–Trinajstić information content (AvgIpc) is 2.62. The third-order valence-electron chi connectivity index (χ3n) is 3.47. The molecule has 2 aromatic rings. The van der Waals surface area contributed by atoms with Crippen molar-refractivity contribution in [2.24, 2.45) is 0 Å². The lowest BCUT2D eigenvalue weighted by Crippen LogP contribution is -2.43. The molecule has 3 rings (SSSR count). The molecule has 1 aliphatic heterocycles. The summed E-state index contributed by atoms with van der Waals surface area (Å²) in [6, 6.07) is 13.6.